The first-order valence-corrected chi connectivity index (χ1v) is 7.19. The van der Waals surface area contributed by atoms with E-state index in [1.54, 1.807) is 6.20 Å². The second kappa shape index (κ2) is 5.29. The molecule has 104 valence electrons. The van der Waals surface area contributed by atoms with Crippen molar-refractivity contribution in [2.45, 2.75) is 26.4 Å². The van der Waals surface area contributed by atoms with Crippen LogP contribution in [-0.4, -0.2) is 26.9 Å². The maximum Gasteiger partial charge on any atom is 0.291 e. The van der Waals surface area contributed by atoms with E-state index in [9.17, 15) is 4.79 Å². The minimum Gasteiger partial charge on any atom is -0.318 e. The van der Waals surface area contributed by atoms with Crippen molar-refractivity contribution in [1.29, 1.82) is 0 Å². The van der Waals surface area contributed by atoms with Crippen molar-refractivity contribution in [3.63, 3.8) is 0 Å². The molecule has 0 radical (unpaired) electrons. The van der Waals surface area contributed by atoms with Crippen LogP contribution in [0.15, 0.2) is 30.5 Å². The number of imidazole rings is 1. The molecule has 0 aliphatic carbocycles. The van der Waals surface area contributed by atoms with E-state index in [2.05, 4.69) is 11.9 Å². The molecule has 0 saturated carbocycles. The number of amides is 1. The fourth-order valence-electron chi connectivity index (χ4n) is 2.44. The van der Waals surface area contributed by atoms with Gasteiger partial charge in [-0.3, -0.25) is 4.79 Å². The highest BCUT2D eigenvalue weighted by atomic mass is 35.5. The van der Waals surface area contributed by atoms with Gasteiger partial charge in [-0.2, -0.15) is 0 Å². The summed E-state index contributed by atoms with van der Waals surface area (Å²) in [5, 5.41) is 0.704. The Labute approximate surface area is 123 Å². The molecule has 2 heterocycles. The highest BCUT2D eigenvalue weighted by Crippen LogP contribution is 2.27. The Bertz CT molecular complexity index is 633. The van der Waals surface area contributed by atoms with E-state index in [4.69, 9.17) is 11.6 Å². The summed E-state index contributed by atoms with van der Waals surface area (Å²) >= 11 is 5.91. The van der Waals surface area contributed by atoms with Gasteiger partial charge in [0.05, 0.1) is 18.6 Å². The summed E-state index contributed by atoms with van der Waals surface area (Å²) in [6.07, 6.45) is 3.86. The summed E-state index contributed by atoms with van der Waals surface area (Å²) in [6, 6.07) is 7.60. The number of nitrogens with zero attached hydrogens (tertiary/aromatic N) is 3. The van der Waals surface area contributed by atoms with Gasteiger partial charge in [-0.05, 0) is 24.1 Å². The summed E-state index contributed by atoms with van der Waals surface area (Å²) < 4.78 is 1.97. The molecule has 0 bridgehead atoms. The number of hydrogen-bond donors (Lipinski definition) is 0. The topological polar surface area (TPSA) is 38.1 Å². The molecule has 4 nitrogen and oxygen atoms in total. The van der Waals surface area contributed by atoms with Gasteiger partial charge in [0.1, 0.15) is 0 Å². The normalized spacial score (nSPS) is 13.9. The molecule has 1 aliphatic heterocycles. The van der Waals surface area contributed by atoms with Gasteiger partial charge in [0, 0.05) is 11.6 Å². The van der Waals surface area contributed by atoms with Crippen LogP contribution in [-0.2, 0) is 6.67 Å². The van der Waals surface area contributed by atoms with Crippen LogP contribution in [0.2, 0.25) is 5.02 Å². The lowest BCUT2D eigenvalue weighted by Crippen LogP contribution is -2.25. The smallest absolute Gasteiger partial charge is 0.291 e. The minimum atomic E-state index is 0.0265. The Kier molecular flexibility index (Phi) is 3.49. The van der Waals surface area contributed by atoms with Gasteiger partial charge in [-0.1, -0.05) is 37.1 Å². The molecule has 0 saturated heterocycles. The number of fused-ring (bicyclic) bond motifs is 1. The second-order valence-electron chi connectivity index (χ2n) is 4.97. The van der Waals surface area contributed by atoms with Crippen LogP contribution in [0.25, 0.3) is 11.3 Å². The monoisotopic (exact) mass is 289 g/mol. The minimum absolute atomic E-state index is 0.0265. The first kappa shape index (κ1) is 13.2. The van der Waals surface area contributed by atoms with Crippen molar-refractivity contribution in [3.05, 3.63) is 41.3 Å². The standard InChI is InChI=1S/C15H16ClN3O/c1-2-3-8-18-10-19-13(9-17-14(19)15(18)20)11-4-6-12(16)7-5-11/h4-7,9H,2-3,8,10H2,1H3. The highest BCUT2D eigenvalue weighted by Gasteiger charge is 2.30. The van der Waals surface area contributed by atoms with Crippen LogP contribution >= 0.6 is 11.6 Å². The third kappa shape index (κ3) is 2.20. The zero-order valence-electron chi connectivity index (χ0n) is 11.3. The molecule has 1 aliphatic rings. The Hall–Kier alpha value is -1.81. The van der Waals surface area contributed by atoms with Crippen LogP contribution in [0.3, 0.4) is 0 Å². The number of benzene rings is 1. The molecular weight excluding hydrogens is 274 g/mol. The molecule has 1 aromatic carbocycles. The summed E-state index contributed by atoms with van der Waals surface area (Å²) in [4.78, 5) is 18.3. The largest absolute Gasteiger partial charge is 0.318 e. The molecular formula is C15H16ClN3O. The zero-order chi connectivity index (χ0) is 14.1. The molecule has 0 spiro atoms. The Morgan fingerprint density at radius 3 is 2.75 bits per heavy atom. The molecule has 0 fully saturated rings. The van der Waals surface area contributed by atoms with E-state index in [0.717, 1.165) is 30.6 Å². The average molecular weight is 290 g/mol. The van der Waals surface area contributed by atoms with Gasteiger partial charge in [0.15, 0.2) is 0 Å². The molecule has 1 aromatic heterocycles. The average Bonchev–Trinajstić information content (AvgIpc) is 2.99. The van der Waals surface area contributed by atoms with Crippen LogP contribution in [0, 0.1) is 0 Å². The van der Waals surface area contributed by atoms with Crippen LogP contribution in [0.1, 0.15) is 30.4 Å². The van der Waals surface area contributed by atoms with Gasteiger partial charge < -0.3 is 9.47 Å². The number of rotatable bonds is 4. The molecule has 0 unspecified atom stereocenters. The first-order chi connectivity index (χ1) is 9.70. The molecule has 2 aromatic rings. The summed E-state index contributed by atoms with van der Waals surface area (Å²) in [5.74, 6) is 0.560. The number of hydrogen-bond acceptors (Lipinski definition) is 2. The van der Waals surface area contributed by atoms with Crippen molar-refractivity contribution in [3.8, 4) is 11.3 Å². The van der Waals surface area contributed by atoms with Gasteiger partial charge in [0.2, 0.25) is 5.82 Å². The Morgan fingerprint density at radius 2 is 2.05 bits per heavy atom. The molecule has 0 N–H and O–H groups in total. The van der Waals surface area contributed by atoms with Crippen molar-refractivity contribution < 1.29 is 4.79 Å². The molecule has 0 atom stereocenters. The van der Waals surface area contributed by atoms with Crippen molar-refractivity contribution >= 4 is 17.5 Å². The summed E-state index contributed by atoms with van der Waals surface area (Å²) in [7, 11) is 0. The second-order valence-corrected chi connectivity index (χ2v) is 5.40. The quantitative estimate of drug-likeness (QED) is 0.865. The van der Waals surface area contributed by atoms with E-state index in [0.29, 0.717) is 17.5 Å². The first-order valence-electron chi connectivity index (χ1n) is 6.81. The number of unbranched alkanes of at least 4 members (excludes halogenated alkanes) is 1. The lowest BCUT2D eigenvalue weighted by Gasteiger charge is -2.15. The van der Waals surface area contributed by atoms with Crippen molar-refractivity contribution in [2.24, 2.45) is 0 Å². The van der Waals surface area contributed by atoms with Gasteiger partial charge >= 0.3 is 0 Å². The van der Waals surface area contributed by atoms with Gasteiger partial charge in [-0.15, -0.1) is 0 Å². The molecule has 3 rings (SSSR count). The lowest BCUT2D eigenvalue weighted by molar-refractivity contribution is 0.0764. The van der Waals surface area contributed by atoms with Crippen molar-refractivity contribution in [2.75, 3.05) is 6.54 Å². The number of carbonyl (C=O) groups is 1. The predicted molar refractivity (Wildman–Crippen MR) is 78.6 cm³/mol. The third-order valence-electron chi connectivity index (χ3n) is 3.57. The van der Waals surface area contributed by atoms with E-state index in [1.807, 2.05) is 33.7 Å². The predicted octanol–water partition coefficient (Wildman–Crippen LogP) is 3.42. The van der Waals surface area contributed by atoms with E-state index >= 15 is 0 Å². The number of carbonyl (C=O) groups excluding carboxylic acids is 1. The van der Waals surface area contributed by atoms with Crippen LogP contribution in [0.5, 0.6) is 0 Å². The maximum absolute atomic E-state index is 12.2. The SMILES string of the molecule is CCCCN1Cn2c(-c3ccc(Cl)cc3)cnc2C1=O. The van der Waals surface area contributed by atoms with Crippen LogP contribution < -0.4 is 0 Å². The van der Waals surface area contributed by atoms with E-state index in [-0.39, 0.29) is 5.91 Å². The van der Waals surface area contributed by atoms with Gasteiger partial charge in [-0.25, -0.2) is 4.98 Å². The number of aromatic nitrogens is 2. The summed E-state index contributed by atoms with van der Waals surface area (Å²) in [5.41, 5.74) is 1.99. The Balaban J connectivity index is 1.90. The van der Waals surface area contributed by atoms with E-state index in [1.165, 1.54) is 0 Å². The molecule has 20 heavy (non-hydrogen) atoms. The molecule has 5 heteroatoms. The maximum atomic E-state index is 12.2. The summed E-state index contributed by atoms with van der Waals surface area (Å²) in [6.45, 7) is 3.50. The fraction of sp³-hybridized carbons (Fsp3) is 0.333. The van der Waals surface area contributed by atoms with Gasteiger partial charge in [0.25, 0.3) is 5.91 Å². The van der Waals surface area contributed by atoms with Crippen molar-refractivity contribution in [1.82, 2.24) is 14.5 Å². The van der Waals surface area contributed by atoms with E-state index < -0.39 is 0 Å². The number of halogens is 1. The molecule has 1 amide bonds. The lowest BCUT2D eigenvalue weighted by atomic mass is 10.2. The zero-order valence-corrected chi connectivity index (χ0v) is 12.1. The fourth-order valence-corrected chi connectivity index (χ4v) is 2.56. The highest BCUT2D eigenvalue weighted by molar-refractivity contribution is 6.30. The van der Waals surface area contributed by atoms with Crippen LogP contribution in [0.4, 0.5) is 0 Å². The third-order valence-corrected chi connectivity index (χ3v) is 3.82. The Morgan fingerprint density at radius 1 is 1.30 bits per heavy atom.